The molecular weight excluding hydrogens is 291 g/mol. The van der Waals surface area contributed by atoms with Crippen LogP contribution in [0, 0.1) is 17.7 Å². The van der Waals surface area contributed by atoms with Gasteiger partial charge in [-0.05, 0) is 18.8 Å². The van der Waals surface area contributed by atoms with Crippen LogP contribution in [0.1, 0.15) is 38.9 Å². The molecule has 21 heavy (non-hydrogen) atoms. The number of alkyl halides is 1. The number of halogens is 2. The van der Waals surface area contributed by atoms with Gasteiger partial charge in [-0.2, -0.15) is 0 Å². The first-order valence-corrected chi connectivity index (χ1v) is 7.66. The minimum Gasteiger partial charge on any atom is -0.494 e. The molecule has 2 unspecified atom stereocenters. The summed E-state index contributed by atoms with van der Waals surface area (Å²) >= 11 is 6.25. The van der Waals surface area contributed by atoms with Gasteiger partial charge in [-0.3, -0.25) is 0 Å². The highest BCUT2D eigenvalue weighted by Crippen LogP contribution is 2.30. The van der Waals surface area contributed by atoms with Gasteiger partial charge in [0, 0.05) is 18.7 Å². The number of hydrogen-bond donors (Lipinski definition) is 0. The van der Waals surface area contributed by atoms with Crippen LogP contribution in [0.15, 0.2) is 12.1 Å². The summed E-state index contributed by atoms with van der Waals surface area (Å²) in [5, 5.41) is -0.231. The molecule has 2 atom stereocenters. The first-order chi connectivity index (χ1) is 9.85. The van der Waals surface area contributed by atoms with Crippen molar-refractivity contribution >= 4 is 22.6 Å². The number of benzene rings is 1. The standard InChI is InChI=1S/C16H22ClFN2O/c1-9(2)10(3)8-20-14-7-15(21-5)12(18)6-13(14)19-16(20)11(4)17/h6-7,9-11H,8H2,1-5H3. The summed E-state index contributed by atoms with van der Waals surface area (Å²) in [6.45, 7) is 9.25. The maximum Gasteiger partial charge on any atom is 0.167 e. The lowest BCUT2D eigenvalue weighted by Gasteiger charge is -2.19. The van der Waals surface area contributed by atoms with Crippen LogP contribution in [0.5, 0.6) is 5.75 Å². The average molecular weight is 313 g/mol. The Morgan fingerprint density at radius 3 is 2.48 bits per heavy atom. The molecule has 0 saturated heterocycles. The lowest BCUT2D eigenvalue weighted by molar-refractivity contribution is 0.363. The zero-order valence-corrected chi connectivity index (χ0v) is 13.9. The minimum atomic E-state index is -0.402. The van der Waals surface area contributed by atoms with Gasteiger partial charge < -0.3 is 9.30 Å². The topological polar surface area (TPSA) is 27.1 Å². The zero-order valence-electron chi connectivity index (χ0n) is 13.2. The Bertz CT molecular complexity index is 637. The van der Waals surface area contributed by atoms with Gasteiger partial charge in [0.05, 0.1) is 23.5 Å². The smallest absolute Gasteiger partial charge is 0.167 e. The number of aromatic nitrogens is 2. The number of fused-ring (bicyclic) bond motifs is 1. The summed E-state index contributed by atoms with van der Waals surface area (Å²) in [4.78, 5) is 4.50. The molecule has 1 aromatic carbocycles. The molecule has 0 amide bonds. The van der Waals surface area contributed by atoms with E-state index in [0.717, 1.165) is 17.9 Å². The molecule has 5 heteroatoms. The van der Waals surface area contributed by atoms with E-state index < -0.39 is 5.82 Å². The van der Waals surface area contributed by atoms with Crippen LogP contribution in [-0.2, 0) is 6.54 Å². The SMILES string of the molecule is COc1cc2c(cc1F)nc(C(C)Cl)n2CC(C)C(C)C. The maximum atomic E-state index is 13.8. The molecule has 0 N–H and O–H groups in total. The monoisotopic (exact) mass is 312 g/mol. The van der Waals surface area contributed by atoms with E-state index in [4.69, 9.17) is 16.3 Å². The average Bonchev–Trinajstić information content (AvgIpc) is 2.75. The number of ether oxygens (including phenoxy) is 1. The van der Waals surface area contributed by atoms with Crippen molar-refractivity contribution in [2.45, 2.75) is 39.6 Å². The highest BCUT2D eigenvalue weighted by Gasteiger charge is 2.20. The second-order valence-corrected chi connectivity index (χ2v) is 6.55. The molecular formula is C16H22ClFN2O. The fraction of sp³-hybridized carbons (Fsp3) is 0.562. The number of nitrogens with zero attached hydrogens (tertiary/aromatic N) is 2. The van der Waals surface area contributed by atoms with Crippen molar-refractivity contribution in [3.05, 3.63) is 23.8 Å². The van der Waals surface area contributed by atoms with E-state index in [1.165, 1.54) is 13.2 Å². The normalized spacial score (nSPS) is 14.7. The van der Waals surface area contributed by atoms with Crippen molar-refractivity contribution < 1.29 is 9.13 Å². The predicted octanol–water partition coefficient (Wildman–Crippen LogP) is 4.78. The third-order valence-electron chi connectivity index (χ3n) is 4.02. The van der Waals surface area contributed by atoms with Gasteiger partial charge in [0.25, 0.3) is 0 Å². The third kappa shape index (κ3) is 3.15. The summed E-state index contributed by atoms with van der Waals surface area (Å²) in [7, 11) is 1.47. The Kier molecular flexibility index (Phi) is 4.77. The summed E-state index contributed by atoms with van der Waals surface area (Å²) < 4.78 is 21.0. The van der Waals surface area contributed by atoms with E-state index in [2.05, 4.69) is 30.3 Å². The number of rotatable bonds is 5. The Balaban J connectivity index is 2.60. The van der Waals surface area contributed by atoms with E-state index in [9.17, 15) is 4.39 Å². The van der Waals surface area contributed by atoms with Gasteiger partial charge in [-0.1, -0.05) is 20.8 Å². The lowest BCUT2D eigenvalue weighted by atomic mass is 9.98. The molecule has 0 bridgehead atoms. The van der Waals surface area contributed by atoms with Crippen molar-refractivity contribution in [2.24, 2.45) is 11.8 Å². The van der Waals surface area contributed by atoms with E-state index in [1.54, 1.807) is 6.07 Å². The first kappa shape index (κ1) is 16.1. The first-order valence-electron chi connectivity index (χ1n) is 7.22. The molecule has 116 valence electrons. The van der Waals surface area contributed by atoms with Crippen molar-refractivity contribution in [1.82, 2.24) is 9.55 Å². The fourth-order valence-electron chi connectivity index (χ4n) is 2.30. The van der Waals surface area contributed by atoms with Crippen molar-refractivity contribution in [3.8, 4) is 5.75 Å². The lowest BCUT2D eigenvalue weighted by Crippen LogP contribution is -2.15. The molecule has 2 rings (SSSR count). The molecule has 0 radical (unpaired) electrons. The predicted molar refractivity (Wildman–Crippen MR) is 84.5 cm³/mol. The van der Waals surface area contributed by atoms with Crippen molar-refractivity contribution in [2.75, 3.05) is 7.11 Å². The third-order valence-corrected chi connectivity index (χ3v) is 4.21. The number of methoxy groups -OCH3 is 1. The van der Waals surface area contributed by atoms with Crippen LogP contribution in [0.2, 0.25) is 0 Å². The van der Waals surface area contributed by atoms with Gasteiger partial charge >= 0.3 is 0 Å². The molecule has 0 spiro atoms. The maximum absolute atomic E-state index is 13.8. The van der Waals surface area contributed by atoms with Gasteiger partial charge in [0.15, 0.2) is 11.6 Å². The van der Waals surface area contributed by atoms with E-state index >= 15 is 0 Å². The molecule has 1 aromatic heterocycles. The largest absolute Gasteiger partial charge is 0.494 e. The van der Waals surface area contributed by atoms with E-state index in [-0.39, 0.29) is 11.1 Å². The Morgan fingerprint density at radius 2 is 1.95 bits per heavy atom. The van der Waals surface area contributed by atoms with E-state index in [1.807, 2.05) is 6.92 Å². The summed E-state index contributed by atoms with van der Waals surface area (Å²) in [6.07, 6.45) is 0. The van der Waals surface area contributed by atoms with Crippen LogP contribution in [0.25, 0.3) is 11.0 Å². The highest BCUT2D eigenvalue weighted by molar-refractivity contribution is 6.20. The van der Waals surface area contributed by atoms with Gasteiger partial charge in [0.2, 0.25) is 0 Å². The van der Waals surface area contributed by atoms with Crippen molar-refractivity contribution in [3.63, 3.8) is 0 Å². The van der Waals surface area contributed by atoms with Crippen LogP contribution in [0.4, 0.5) is 4.39 Å². The minimum absolute atomic E-state index is 0.231. The fourth-order valence-corrected chi connectivity index (χ4v) is 2.46. The van der Waals surface area contributed by atoms with Crippen molar-refractivity contribution in [1.29, 1.82) is 0 Å². The Labute approximate surface area is 130 Å². The molecule has 3 nitrogen and oxygen atoms in total. The van der Waals surface area contributed by atoms with Crippen LogP contribution in [0.3, 0.4) is 0 Å². The van der Waals surface area contributed by atoms with Gasteiger partial charge in [-0.15, -0.1) is 11.6 Å². The summed E-state index contributed by atoms with van der Waals surface area (Å²) in [5.41, 5.74) is 1.48. The molecule has 0 aliphatic rings. The second kappa shape index (κ2) is 6.22. The Hall–Kier alpha value is -1.29. The molecule has 1 heterocycles. The molecule has 0 aliphatic heterocycles. The number of imidazole rings is 1. The quantitative estimate of drug-likeness (QED) is 0.743. The van der Waals surface area contributed by atoms with Crippen LogP contribution < -0.4 is 4.74 Å². The van der Waals surface area contributed by atoms with Crippen LogP contribution in [-0.4, -0.2) is 16.7 Å². The molecule has 0 fully saturated rings. The molecule has 2 aromatic rings. The van der Waals surface area contributed by atoms with Crippen LogP contribution >= 0.6 is 11.6 Å². The highest BCUT2D eigenvalue weighted by atomic mass is 35.5. The molecule has 0 aliphatic carbocycles. The summed E-state index contributed by atoms with van der Waals surface area (Å²) in [5.74, 6) is 1.61. The number of hydrogen-bond acceptors (Lipinski definition) is 2. The molecule has 0 saturated carbocycles. The van der Waals surface area contributed by atoms with Gasteiger partial charge in [-0.25, -0.2) is 9.37 Å². The summed E-state index contributed by atoms with van der Waals surface area (Å²) in [6, 6.07) is 3.11. The van der Waals surface area contributed by atoms with E-state index in [0.29, 0.717) is 17.4 Å². The Morgan fingerprint density at radius 1 is 1.29 bits per heavy atom. The second-order valence-electron chi connectivity index (χ2n) is 5.89. The zero-order chi connectivity index (χ0) is 15.7. The van der Waals surface area contributed by atoms with Gasteiger partial charge in [0.1, 0.15) is 5.82 Å².